The average molecular weight is 335 g/mol. The van der Waals surface area contributed by atoms with E-state index in [1.807, 2.05) is 30.3 Å². The zero-order valence-electron chi connectivity index (χ0n) is 13.4. The molecule has 0 N–H and O–H groups in total. The van der Waals surface area contributed by atoms with Gasteiger partial charge >= 0.3 is 0 Å². The van der Waals surface area contributed by atoms with Crippen LogP contribution >= 0.6 is 0 Å². The Morgan fingerprint density at radius 1 is 1.00 bits per heavy atom. The highest BCUT2D eigenvalue weighted by Crippen LogP contribution is 2.15. The number of hydrogen-bond donors (Lipinski definition) is 0. The van der Waals surface area contributed by atoms with Crippen LogP contribution in [0, 0.1) is 11.6 Å². The summed E-state index contributed by atoms with van der Waals surface area (Å²) >= 11 is 0. The highest BCUT2D eigenvalue weighted by atomic mass is 19.2. The summed E-state index contributed by atoms with van der Waals surface area (Å²) in [5, 5.41) is 0. The van der Waals surface area contributed by atoms with Crippen molar-refractivity contribution in [3.05, 3.63) is 60.2 Å². The Morgan fingerprint density at radius 3 is 2.46 bits per heavy atom. The lowest BCUT2D eigenvalue weighted by Crippen LogP contribution is -2.32. The lowest BCUT2D eigenvalue weighted by atomic mass is 10.3. The monoisotopic (exact) mass is 335 g/mol. The molecule has 0 saturated heterocycles. The highest BCUT2D eigenvalue weighted by molar-refractivity contribution is 5.77. The first kappa shape index (κ1) is 17.7. The minimum atomic E-state index is -1.01. The molecule has 0 spiro atoms. The molecule has 24 heavy (non-hydrogen) atoms. The van der Waals surface area contributed by atoms with Crippen molar-refractivity contribution in [2.24, 2.45) is 0 Å². The number of benzene rings is 2. The first-order valence-electron chi connectivity index (χ1n) is 7.56. The van der Waals surface area contributed by atoms with E-state index in [9.17, 15) is 13.6 Å². The molecule has 6 heteroatoms. The molecule has 0 radical (unpaired) electrons. The molecule has 0 atom stereocenters. The van der Waals surface area contributed by atoms with E-state index in [-0.39, 0.29) is 18.3 Å². The molecule has 2 aromatic rings. The first-order chi connectivity index (χ1) is 11.6. The predicted molar refractivity (Wildman–Crippen MR) is 86.0 cm³/mol. The van der Waals surface area contributed by atoms with E-state index in [1.165, 1.54) is 11.0 Å². The van der Waals surface area contributed by atoms with E-state index in [4.69, 9.17) is 9.47 Å². The maximum absolute atomic E-state index is 13.0. The van der Waals surface area contributed by atoms with Gasteiger partial charge in [0.25, 0.3) is 5.91 Å². The van der Waals surface area contributed by atoms with Gasteiger partial charge in [0.15, 0.2) is 18.2 Å². The van der Waals surface area contributed by atoms with Gasteiger partial charge in [-0.3, -0.25) is 4.79 Å². The summed E-state index contributed by atoms with van der Waals surface area (Å²) in [5.41, 5.74) is 0. The van der Waals surface area contributed by atoms with Gasteiger partial charge in [0, 0.05) is 19.7 Å². The molecule has 2 aromatic carbocycles. The summed E-state index contributed by atoms with van der Waals surface area (Å²) in [6.07, 6.45) is 0.669. The van der Waals surface area contributed by atoms with Crippen molar-refractivity contribution in [2.45, 2.75) is 6.42 Å². The molecule has 0 aromatic heterocycles. The molecule has 0 fully saturated rings. The van der Waals surface area contributed by atoms with Crippen molar-refractivity contribution in [3.63, 3.8) is 0 Å². The van der Waals surface area contributed by atoms with Gasteiger partial charge in [-0.15, -0.1) is 0 Å². The molecule has 4 nitrogen and oxygen atoms in total. The van der Waals surface area contributed by atoms with E-state index in [1.54, 1.807) is 7.05 Å². The molecule has 0 unspecified atom stereocenters. The molecule has 0 aliphatic carbocycles. The topological polar surface area (TPSA) is 38.8 Å². The van der Waals surface area contributed by atoms with Gasteiger partial charge in [-0.05, 0) is 30.7 Å². The number of para-hydroxylation sites is 1. The molecule has 2 rings (SSSR count). The summed E-state index contributed by atoms with van der Waals surface area (Å²) in [5.74, 6) is -1.31. The van der Waals surface area contributed by atoms with Crippen LogP contribution in [0.15, 0.2) is 48.5 Å². The third-order valence-corrected chi connectivity index (χ3v) is 3.33. The van der Waals surface area contributed by atoms with Crippen molar-refractivity contribution in [1.82, 2.24) is 4.90 Å². The largest absolute Gasteiger partial charge is 0.494 e. The molecule has 0 saturated carbocycles. The van der Waals surface area contributed by atoms with Gasteiger partial charge in [-0.25, -0.2) is 8.78 Å². The number of amides is 1. The molecule has 128 valence electrons. The van der Waals surface area contributed by atoms with Gasteiger partial charge in [0.1, 0.15) is 11.5 Å². The lowest BCUT2D eigenvalue weighted by Gasteiger charge is -2.17. The van der Waals surface area contributed by atoms with Crippen molar-refractivity contribution < 1.29 is 23.0 Å². The Morgan fingerprint density at radius 2 is 1.75 bits per heavy atom. The molecule has 0 heterocycles. The van der Waals surface area contributed by atoms with Crippen molar-refractivity contribution >= 4 is 5.91 Å². The van der Waals surface area contributed by atoms with Crippen LogP contribution in [0.1, 0.15) is 6.42 Å². The summed E-state index contributed by atoms with van der Waals surface area (Å²) in [6.45, 7) is 0.763. The standard InChI is InChI=1S/C18H19F2NO3/c1-21(10-5-11-23-14-6-3-2-4-7-14)18(22)13-24-15-8-9-16(19)17(20)12-15/h2-4,6-9,12H,5,10-11,13H2,1H3. The van der Waals surface area contributed by atoms with Crippen LogP contribution in [-0.4, -0.2) is 37.6 Å². The Kier molecular flexibility index (Phi) is 6.54. The zero-order chi connectivity index (χ0) is 17.4. The Bertz CT molecular complexity index is 665. The fourth-order valence-corrected chi connectivity index (χ4v) is 1.96. The summed E-state index contributed by atoms with van der Waals surface area (Å²) in [4.78, 5) is 13.4. The maximum Gasteiger partial charge on any atom is 0.260 e. The lowest BCUT2D eigenvalue weighted by molar-refractivity contribution is -0.132. The molecule has 1 amide bonds. The second kappa shape index (κ2) is 8.86. The van der Waals surface area contributed by atoms with Crippen LogP contribution in [-0.2, 0) is 4.79 Å². The van der Waals surface area contributed by atoms with Crippen LogP contribution in [0.25, 0.3) is 0 Å². The number of halogens is 2. The van der Waals surface area contributed by atoms with Gasteiger partial charge in [0.2, 0.25) is 0 Å². The summed E-state index contributed by atoms with van der Waals surface area (Å²) in [6, 6.07) is 12.6. The summed E-state index contributed by atoms with van der Waals surface area (Å²) in [7, 11) is 1.65. The molecule has 0 bridgehead atoms. The molecule has 0 aliphatic rings. The number of hydrogen-bond acceptors (Lipinski definition) is 3. The average Bonchev–Trinajstić information content (AvgIpc) is 2.60. The number of rotatable bonds is 8. The van der Waals surface area contributed by atoms with E-state index in [0.717, 1.165) is 17.9 Å². The van der Waals surface area contributed by atoms with Crippen LogP contribution in [0.3, 0.4) is 0 Å². The fourth-order valence-electron chi connectivity index (χ4n) is 1.96. The van der Waals surface area contributed by atoms with Crippen LogP contribution in [0.4, 0.5) is 8.78 Å². The van der Waals surface area contributed by atoms with Crippen molar-refractivity contribution in [2.75, 3.05) is 26.8 Å². The Labute approximate surface area is 139 Å². The smallest absolute Gasteiger partial charge is 0.260 e. The van der Waals surface area contributed by atoms with E-state index in [0.29, 0.717) is 19.6 Å². The van der Waals surface area contributed by atoms with Gasteiger partial charge in [-0.1, -0.05) is 18.2 Å². The molecular formula is C18H19F2NO3. The zero-order valence-corrected chi connectivity index (χ0v) is 13.4. The highest BCUT2D eigenvalue weighted by Gasteiger charge is 2.10. The van der Waals surface area contributed by atoms with E-state index in [2.05, 4.69) is 0 Å². The quantitative estimate of drug-likeness (QED) is 0.695. The first-order valence-corrected chi connectivity index (χ1v) is 7.56. The SMILES string of the molecule is CN(CCCOc1ccccc1)C(=O)COc1ccc(F)c(F)c1. The number of ether oxygens (including phenoxy) is 2. The van der Waals surface area contributed by atoms with Crippen molar-refractivity contribution in [3.8, 4) is 11.5 Å². The minimum Gasteiger partial charge on any atom is -0.494 e. The fraction of sp³-hybridized carbons (Fsp3) is 0.278. The molecule has 0 aliphatic heterocycles. The van der Waals surface area contributed by atoms with E-state index >= 15 is 0 Å². The number of nitrogens with zero attached hydrogens (tertiary/aromatic N) is 1. The number of carbonyl (C=O) groups is 1. The maximum atomic E-state index is 13.0. The van der Waals surface area contributed by atoms with Gasteiger partial charge in [-0.2, -0.15) is 0 Å². The minimum absolute atomic E-state index is 0.114. The summed E-state index contributed by atoms with van der Waals surface area (Å²) < 4.78 is 36.6. The van der Waals surface area contributed by atoms with Gasteiger partial charge < -0.3 is 14.4 Å². The Hall–Kier alpha value is -2.63. The van der Waals surface area contributed by atoms with E-state index < -0.39 is 11.6 Å². The Balaban J connectivity index is 1.67. The van der Waals surface area contributed by atoms with Crippen molar-refractivity contribution in [1.29, 1.82) is 0 Å². The number of likely N-dealkylation sites (N-methyl/N-ethyl adjacent to an activating group) is 1. The van der Waals surface area contributed by atoms with Gasteiger partial charge in [0.05, 0.1) is 6.61 Å². The third-order valence-electron chi connectivity index (χ3n) is 3.33. The second-order valence-electron chi connectivity index (χ2n) is 5.19. The predicted octanol–water partition coefficient (Wildman–Crippen LogP) is 3.27. The van der Waals surface area contributed by atoms with Crippen LogP contribution in [0.2, 0.25) is 0 Å². The molecular weight excluding hydrogens is 316 g/mol. The van der Waals surface area contributed by atoms with Crippen LogP contribution < -0.4 is 9.47 Å². The second-order valence-corrected chi connectivity index (χ2v) is 5.19. The van der Waals surface area contributed by atoms with Crippen LogP contribution in [0.5, 0.6) is 11.5 Å². The third kappa shape index (κ3) is 5.53. The normalized spacial score (nSPS) is 10.3. The number of carbonyl (C=O) groups excluding carboxylic acids is 1.